The summed E-state index contributed by atoms with van der Waals surface area (Å²) in [5, 5.41) is 3.52. The summed E-state index contributed by atoms with van der Waals surface area (Å²) >= 11 is 12.7. The predicted octanol–water partition coefficient (Wildman–Crippen LogP) is 5.62. The lowest BCUT2D eigenvalue weighted by molar-refractivity contribution is 0.412. The molecule has 0 radical (unpaired) electrons. The van der Waals surface area contributed by atoms with E-state index in [1.165, 1.54) is 12.1 Å². The Hall–Kier alpha value is -0.780. The van der Waals surface area contributed by atoms with Crippen molar-refractivity contribution in [2.45, 2.75) is 6.54 Å². The van der Waals surface area contributed by atoms with Crippen molar-refractivity contribution in [3.63, 3.8) is 0 Å². The maximum Gasteiger partial charge on any atom is 0.133 e. The van der Waals surface area contributed by atoms with Crippen LogP contribution in [0.5, 0.6) is 5.75 Å². The van der Waals surface area contributed by atoms with Crippen LogP contribution in [0.4, 0.5) is 10.1 Å². The normalized spacial score (nSPS) is 10.4. The van der Waals surface area contributed by atoms with E-state index < -0.39 is 0 Å². The summed E-state index contributed by atoms with van der Waals surface area (Å²) in [5.74, 6) is 0.398. The minimum Gasteiger partial charge on any atom is -0.496 e. The summed E-state index contributed by atoms with van der Waals surface area (Å²) in [6.45, 7) is 0.562. The number of halogens is 4. The Morgan fingerprint density at radius 3 is 2.55 bits per heavy atom. The van der Waals surface area contributed by atoms with Gasteiger partial charge >= 0.3 is 0 Å². The fourth-order valence-corrected chi connectivity index (χ4v) is 3.27. The zero-order chi connectivity index (χ0) is 14.7. The van der Waals surface area contributed by atoms with Gasteiger partial charge < -0.3 is 10.1 Å². The Labute approximate surface area is 138 Å². The summed E-state index contributed by atoms with van der Waals surface area (Å²) in [6.07, 6.45) is 0. The second-order valence-corrected chi connectivity index (χ2v) is 6.18. The van der Waals surface area contributed by atoms with Crippen LogP contribution >= 0.6 is 43.5 Å². The summed E-state index contributed by atoms with van der Waals surface area (Å²) < 4.78 is 19.8. The lowest BCUT2D eigenvalue weighted by atomic mass is 10.2. The van der Waals surface area contributed by atoms with Crippen LogP contribution in [-0.4, -0.2) is 7.11 Å². The first-order chi connectivity index (χ1) is 9.51. The van der Waals surface area contributed by atoms with Gasteiger partial charge in [0, 0.05) is 11.0 Å². The van der Waals surface area contributed by atoms with Gasteiger partial charge in [0.2, 0.25) is 0 Å². The van der Waals surface area contributed by atoms with E-state index in [0.29, 0.717) is 21.7 Å². The third-order valence-electron chi connectivity index (χ3n) is 2.69. The van der Waals surface area contributed by atoms with E-state index in [9.17, 15) is 4.39 Å². The Bertz CT molecular complexity index is 614. The molecule has 0 aliphatic carbocycles. The highest BCUT2D eigenvalue weighted by Gasteiger charge is 2.08. The summed E-state index contributed by atoms with van der Waals surface area (Å²) in [6, 6.07) is 8.43. The molecule has 2 rings (SSSR count). The number of hydrogen-bond donors (Lipinski definition) is 1. The second-order valence-electron chi connectivity index (χ2n) is 4.07. The molecule has 20 heavy (non-hydrogen) atoms. The number of anilines is 1. The third-order valence-corrected chi connectivity index (χ3v) is 4.24. The smallest absolute Gasteiger partial charge is 0.133 e. The van der Waals surface area contributed by atoms with Gasteiger partial charge in [-0.05, 0) is 61.7 Å². The maximum absolute atomic E-state index is 13.1. The van der Waals surface area contributed by atoms with Gasteiger partial charge in [-0.25, -0.2) is 4.39 Å². The largest absolute Gasteiger partial charge is 0.496 e. The van der Waals surface area contributed by atoms with Crippen LogP contribution in [0.15, 0.2) is 39.3 Å². The van der Waals surface area contributed by atoms with Crippen molar-refractivity contribution in [3.05, 3.63) is 55.7 Å². The molecule has 0 atom stereocenters. The first-order valence-electron chi connectivity index (χ1n) is 5.72. The molecule has 2 nitrogen and oxygen atoms in total. The van der Waals surface area contributed by atoms with Crippen molar-refractivity contribution in [1.82, 2.24) is 0 Å². The van der Waals surface area contributed by atoms with Gasteiger partial charge in [-0.2, -0.15) is 0 Å². The Morgan fingerprint density at radius 2 is 1.95 bits per heavy atom. The molecular weight excluding hydrogens is 412 g/mol. The Balaban J connectivity index is 2.15. The molecule has 2 aromatic carbocycles. The highest BCUT2D eigenvalue weighted by molar-refractivity contribution is 9.11. The van der Waals surface area contributed by atoms with Crippen molar-refractivity contribution in [2.24, 2.45) is 0 Å². The van der Waals surface area contributed by atoms with Crippen LogP contribution in [0.3, 0.4) is 0 Å². The molecule has 1 N–H and O–H groups in total. The summed E-state index contributed by atoms with van der Waals surface area (Å²) in [5.41, 5.74) is 1.71. The number of nitrogens with one attached hydrogen (secondary N) is 1. The average Bonchev–Trinajstić information content (AvgIpc) is 2.37. The monoisotopic (exact) mass is 421 g/mol. The Morgan fingerprint density at radius 1 is 1.20 bits per heavy atom. The molecule has 0 fully saturated rings. The van der Waals surface area contributed by atoms with Gasteiger partial charge in [0.25, 0.3) is 0 Å². The molecule has 106 valence electrons. The average molecular weight is 424 g/mol. The molecule has 6 heteroatoms. The molecule has 0 aliphatic heterocycles. The summed E-state index contributed by atoms with van der Waals surface area (Å²) in [7, 11) is 1.62. The summed E-state index contributed by atoms with van der Waals surface area (Å²) in [4.78, 5) is 0. The van der Waals surface area contributed by atoms with Crippen LogP contribution in [0.2, 0.25) is 5.02 Å². The van der Waals surface area contributed by atoms with Crippen molar-refractivity contribution in [2.75, 3.05) is 12.4 Å². The molecule has 0 amide bonds. The fraction of sp³-hybridized carbons (Fsp3) is 0.143. The van der Waals surface area contributed by atoms with Crippen molar-refractivity contribution in [3.8, 4) is 5.75 Å². The molecule has 0 saturated heterocycles. The molecular formula is C14H11Br2ClFNO. The van der Waals surface area contributed by atoms with Gasteiger partial charge in [0.15, 0.2) is 0 Å². The van der Waals surface area contributed by atoms with E-state index in [4.69, 9.17) is 16.3 Å². The highest BCUT2D eigenvalue weighted by Crippen LogP contribution is 2.32. The standard InChI is InChI=1S/C14H11Br2ClFNO/c1-20-13-3-2-8(4-10(13)15)7-19-14-11(16)5-9(18)6-12(14)17/h2-6,19H,7H2,1H3. The molecule has 0 spiro atoms. The van der Waals surface area contributed by atoms with Crippen LogP contribution in [-0.2, 0) is 6.54 Å². The zero-order valence-electron chi connectivity index (χ0n) is 10.5. The van der Waals surface area contributed by atoms with Gasteiger partial charge in [0.05, 0.1) is 22.3 Å². The van der Waals surface area contributed by atoms with Gasteiger partial charge in [-0.1, -0.05) is 17.7 Å². The fourth-order valence-electron chi connectivity index (χ4n) is 1.72. The van der Waals surface area contributed by atoms with Crippen molar-refractivity contribution < 1.29 is 9.13 Å². The van der Waals surface area contributed by atoms with Crippen molar-refractivity contribution >= 4 is 49.1 Å². The number of methoxy groups -OCH3 is 1. The van der Waals surface area contributed by atoms with E-state index in [1.807, 2.05) is 18.2 Å². The molecule has 0 aromatic heterocycles. The number of ether oxygens (including phenoxy) is 1. The lowest BCUT2D eigenvalue weighted by Crippen LogP contribution is -2.01. The molecule has 0 heterocycles. The Kier molecular flexibility index (Phi) is 5.29. The number of benzene rings is 2. The molecule has 0 aliphatic rings. The van der Waals surface area contributed by atoms with E-state index in [1.54, 1.807) is 7.11 Å². The van der Waals surface area contributed by atoms with Crippen LogP contribution in [0, 0.1) is 5.82 Å². The van der Waals surface area contributed by atoms with Gasteiger partial charge in [-0.3, -0.25) is 0 Å². The van der Waals surface area contributed by atoms with Crippen molar-refractivity contribution in [1.29, 1.82) is 0 Å². The first kappa shape index (κ1) is 15.6. The lowest BCUT2D eigenvalue weighted by Gasteiger charge is -2.12. The van der Waals surface area contributed by atoms with E-state index in [0.717, 1.165) is 15.8 Å². The quantitative estimate of drug-likeness (QED) is 0.689. The SMILES string of the molecule is COc1ccc(CNc2c(Cl)cc(F)cc2Br)cc1Br. The number of hydrogen-bond acceptors (Lipinski definition) is 2. The zero-order valence-corrected chi connectivity index (χ0v) is 14.4. The molecule has 0 bridgehead atoms. The molecule has 2 aromatic rings. The van der Waals surface area contributed by atoms with Crippen LogP contribution in [0.1, 0.15) is 5.56 Å². The first-order valence-corrected chi connectivity index (χ1v) is 7.68. The van der Waals surface area contributed by atoms with E-state index in [-0.39, 0.29) is 5.82 Å². The van der Waals surface area contributed by atoms with E-state index >= 15 is 0 Å². The van der Waals surface area contributed by atoms with Crippen LogP contribution < -0.4 is 10.1 Å². The minimum atomic E-state index is -0.375. The van der Waals surface area contributed by atoms with Gasteiger partial charge in [-0.15, -0.1) is 0 Å². The topological polar surface area (TPSA) is 21.3 Å². The van der Waals surface area contributed by atoms with Gasteiger partial charge in [0.1, 0.15) is 11.6 Å². The highest BCUT2D eigenvalue weighted by atomic mass is 79.9. The maximum atomic E-state index is 13.1. The minimum absolute atomic E-state index is 0.337. The molecule has 0 unspecified atom stereocenters. The number of rotatable bonds is 4. The van der Waals surface area contributed by atoms with Crippen LogP contribution in [0.25, 0.3) is 0 Å². The second kappa shape index (κ2) is 6.78. The van der Waals surface area contributed by atoms with E-state index in [2.05, 4.69) is 37.2 Å². The molecule has 0 saturated carbocycles. The third kappa shape index (κ3) is 3.65. The predicted molar refractivity (Wildman–Crippen MR) is 87.1 cm³/mol.